The van der Waals surface area contributed by atoms with Gasteiger partial charge >= 0.3 is 0 Å². The van der Waals surface area contributed by atoms with Crippen molar-refractivity contribution in [2.75, 3.05) is 19.6 Å². The maximum atomic E-state index is 11.8. The number of amides is 1. The van der Waals surface area contributed by atoms with Crippen LogP contribution in [0.15, 0.2) is 0 Å². The summed E-state index contributed by atoms with van der Waals surface area (Å²) in [4.78, 5) is 14.0. The second-order valence-electron chi connectivity index (χ2n) is 4.85. The molecule has 4 nitrogen and oxygen atoms in total. The van der Waals surface area contributed by atoms with Crippen molar-refractivity contribution in [1.29, 1.82) is 0 Å². The number of rotatable bonds is 4. The van der Waals surface area contributed by atoms with Crippen LogP contribution in [-0.4, -0.2) is 42.5 Å². The zero-order valence-electron chi connectivity index (χ0n) is 9.99. The van der Waals surface area contributed by atoms with E-state index in [1.165, 1.54) is 0 Å². The van der Waals surface area contributed by atoms with Gasteiger partial charge in [0.15, 0.2) is 0 Å². The van der Waals surface area contributed by atoms with Crippen LogP contribution < -0.4 is 11.1 Å². The third-order valence-electron chi connectivity index (χ3n) is 2.68. The molecule has 4 heteroatoms. The van der Waals surface area contributed by atoms with E-state index in [2.05, 4.69) is 24.1 Å². The molecule has 1 aliphatic heterocycles. The standard InChI is InChI=1S/C11H23N3O/c1-8(2)6-14-7-9(3)13-11(15)10(14)4-5-12/h8-10H,4-7,12H2,1-3H3,(H,13,15). The first-order chi connectivity index (χ1) is 7.04. The maximum Gasteiger partial charge on any atom is 0.237 e. The Morgan fingerprint density at radius 2 is 2.27 bits per heavy atom. The quantitative estimate of drug-likeness (QED) is 0.700. The molecule has 0 radical (unpaired) electrons. The molecule has 1 aliphatic rings. The van der Waals surface area contributed by atoms with Gasteiger partial charge in [-0.1, -0.05) is 13.8 Å². The number of piperazine rings is 1. The lowest BCUT2D eigenvalue weighted by molar-refractivity contribution is -0.130. The summed E-state index contributed by atoms with van der Waals surface area (Å²) in [6, 6.07) is 0.235. The zero-order valence-corrected chi connectivity index (χ0v) is 9.99. The summed E-state index contributed by atoms with van der Waals surface area (Å²) in [6.07, 6.45) is 0.755. The summed E-state index contributed by atoms with van der Waals surface area (Å²) in [5, 5.41) is 2.98. The molecule has 1 rings (SSSR count). The van der Waals surface area contributed by atoms with Crippen molar-refractivity contribution in [3.8, 4) is 0 Å². The second-order valence-corrected chi connectivity index (χ2v) is 4.85. The molecule has 2 atom stereocenters. The molecule has 0 saturated carbocycles. The predicted octanol–water partition coefficient (Wildman–Crippen LogP) is 0.180. The van der Waals surface area contributed by atoms with Crippen LogP contribution in [-0.2, 0) is 4.79 Å². The Kier molecular flexibility index (Phi) is 4.54. The summed E-state index contributed by atoms with van der Waals surface area (Å²) in [5.41, 5.74) is 5.54. The van der Waals surface area contributed by atoms with E-state index in [1.54, 1.807) is 0 Å². The molecular formula is C11H23N3O. The summed E-state index contributed by atoms with van der Waals surface area (Å²) in [7, 11) is 0. The lowest BCUT2D eigenvalue weighted by Gasteiger charge is -2.39. The first-order valence-corrected chi connectivity index (χ1v) is 5.79. The first-order valence-electron chi connectivity index (χ1n) is 5.79. The molecule has 0 aromatic carbocycles. The van der Waals surface area contributed by atoms with Gasteiger partial charge in [0.25, 0.3) is 0 Å². The highest BCUT2D eigenvalue weighted by Gasteiger charge is 2.31. The Hall–Kier alpha value is -0.610. The number of nitrogens with zero attached hydrogens (tertiary/aromatic N) is 1. The fraction of sp³-hybridized carbons (Fsp3) is 0.909. The van der Waals surface area contributed by atoms with E-state index in [0.29, 0.717) is 12.5 Å². The molecule has 88 valence electrons. The van der Waals surface area contributed by atoms with E-state index in [0.717, 1.165) is 19.5 Å². The molecular weight excluding hydrogens is 190 g/mol. The van der Waals surface area contributed by atoms with E-state index in [4.69, 9.17) is 5.73 Å². The van der Waals surface area contributed by atoms with E-state index < -0.39 is 0 Å². The fourth-order valence-electron chi connectivity index (χ4n) is 2.17. The van der Waals surface area contributed by atoms with Crippen LogP contribution >= 0.6 is 0 Å². The van der Waals surface area contributed by atoms with Gasteiger partial charge in [0.2, 0.25) is 5.91 Å². The number of carbonyl (C=O) groups is 1. The van der Waals surface area contributed by atoms with Crippen LogP contribution in [0, 0.1) is 5.92 Å². The Morgan fingerprint density at radius 1 is 1.60 bits per heavy atom. The van der Waals surface area contributed by atoms with Crippen LogP contribution in [0.25, 0.3) is 0 Å². The topological polar surface area (TPSA) is 58.4 Å². The van der Waals surface area contributed by atoms with E-state index in [9.17, 15) is 4.79 Å². The minimum absolute atomic E-state index is 0.0198. The third-order valence-corrected chi connectivity index (χ3v) is 2.68. The number of hydrogen-bond donors (Lipinski definition) is 2. The van der Waals surface area contributed by atoms with Crippen molar-refractivity contribution in [1.82, 2.24) is 10.2 Å². The predicted molar refractivity (Wildman–Crippen MR) is 61.5 cm³/mol. The number of nitrogens with one attached hydrogen (secondary N) is 1. The van der Waals surface area contributed by atoms with Gasteiger partial charge in [0, 0.05) is 19.1 Å². The van der Waals surface area contributed by atoms with Gasteiger partial charge in [0.05, 0.1) is 6.04 Å². The average molecular weight is 213 g/mol. The fourth-order valence-corrected chi connectivity index (χ4v) is 2.17. The van der Waals surface area contributed by atoms with Crippen molar-refractivity contribution < 1.29 is 4.79 Å². The lowest BCUT2D eigenvalue weighted by atomic mass is 10.0. The van der Waals surface area contributed by atoms with Crippen LogP contribution in [0.5, 0.6) is 0 Å². The molecule has 0 aromatic heterocycles. The maximum absolute atomic E-state index is 11.8. The number of nitrogens with two attached hydrogens (primary N) is 1. The Labute approximate surface area is 92.2 Å². The van der Waals surface area contributed by atoms with Gasteiger partial charge in [-0.2, -0.15) is 0 Å². The van der Waals surface area contributed by atoms with Gasteiger partial charge in [-0.3, -0.25) is 9.69 Å². The van der Waals surface area contributed by atoms with Crippen molar-refractivity contribution in [3.05, 3.63) is 0 Å². The third kappa shape index (κ3) is 3.47. The van der Waals surface area contributed by atoms with Crippen molar-refractivity contribution in [2.45, 2.75) is 39.3 Å². The Balaban J connectivity index is 2.64. The highest BCUT2D eigenvalue weighted by molar-refractivity contribution is 5.82. The summed E-state index contributed by atoms with van der Waals surface area (Å²) in [5.74, 6) is 0.725. The van der Waals surface area contributed by atoms with E-state index >= 15 is 0 Å². The number of hydrogen-bond acceptors (Lipinski definition) is 3. The average Bonchev–Trinajstić information content (AvgIpc) is 2.10. The lowest BCUT2D eigenvalue weighted by Crippen LogP contribution is -2.60. The molecule has 2 unspecified atom stereocenters. The minimum Gasteiger partial charge on any atom is -0.351 e. The van der Waals surface area contributed by atoms with Crippen molar-refractivity contribution in [3.63, 3.8) is 0 Å². The van der Waals surface area contributed by atoms with Crippen LogP contribution in [0.4, 0.5) is 0 Å². The van der Waals surface area contributed by atoms with Gasteiger partial charge in [-0.25, -0.2) is 0 Å². The van der Waals surface area contributed by atoms with Gasteiger partial charge in [-0.05, 0) is 25.8 Å². The summed E-state index contributed by atoms with van der Waals surface area (Å²) < 4.78 is 0. The second kappa shape index (κ2) is 5.47. The smallest absolute Gasteiger partial charge is 0.237 e. The highest BCUT2D eigenvalue weighted by Crippen LogP contribution is 2.13. The Bertz CT molecular complexity index is 216. The van der Waals surface area contributed by atoms with Crippen LogP contribution in [0.1, 0.15) is 27.2 Å². The van der Waals surface area contributed by atoms with E-state index in [-0.39, 0.29) is 18.0 Å². The largest absolute Gasteiger partial charge is 0.351 e. The molecule has 1 saturated heterocycles. The van der Waals surface area contributed by atoms with Crippen LogP contribution in [0.2, 0.25) is 0 Å². The Morgan fingerprint density at radius 3 is 2.80 bits per heavy atom. The normalized spacial score (nSPS) is 28.2. The molecule has 15 heavy (non-hydrogen) atoms. The minimum atomic E-state index is -0.0198. The molecule has 1 heterocycles. The molecule has 0 aromatic rings. The molecule has 1 amide bonds. The number of carbonyl (C=O) groups excluding carboxylic acids is 1. The zero-order chi connectivity index (χ0) is 11.4. The molecule has 3 N–H and O–H groups in total. The van der Waals surface area contributed by atoms with E-state index in [1.807, 2.05) is 6.92 Å². The van der Waals surface area contributed by atoms with Gasteiger partial charge in [0.1, 0.15) is 0 Å². The monoisotopic (exact) mass is 213 g/mol. The highest BCUT2D eigenvalue weighted by atomic mass is 16.2. The molecule has 0 bridgehead atoms. The summed E-state index contributed by atoms with van der Waals surface area (Å²) in [6.45, 7) is 8.88. The van der Waals surface area contributed by atoms with Gasteiger partial charge < -0.3 is 11.1 Å². The van der Waals surface area contributed by atoms with Crippen LogP contribution in [0.3, 0.4) is 0 Å². The first kappa shape index (κ1) is 12.5. The van der Waals surface area contributed by atoms with Crippen molar-refractivity contribution >= 4 is 5.91 Å². The van der Waals surface area contributed by atoms with Gasteiger partial charge in [-0.15, -0.1) is 0 Å². The summed E-state index contributed by atoms with van der Waals surface area (Å²) >= 11 is 0. The molecule has 1 fully saturated rings. The molecule has 0 spiro atoms. The molecule has 0 aliphatic carbocycles. The SMILES string of the molecule is CC(C)CN1CC(C)NC(=O)C1CCN. The van der Waals surface area contributed by atoms with Crippen molar-refractivity contribution in [2.24, 2.45) is 11.7 Å².